The Morgan fingerprint density at radius 1 is 1.26 bits per heavy atom. The van der Waals surface area contributed by atoms with Crippen LogP contribution in [0.25, 0.3) is 21.9 Å². The fraction of sp³-hybridized carbons (Fsp3) is 0.235. The average molecular weight is 316 g/mol. The first-order valence-corrected chi connectivity index (χ1v) is 7.00. The van der Waals surface area contributed by atoms with E-state index in [1.54, 1.807) is 19.1 Å². The first-order chi connectivity index (χ1) is 11.0. The normalized spacial score (nSPS) is 12.5. The lowest BCUT2D eigenvalue weighted by Crippen LogP contribution is -2.18. The second kappa shape index (κ2) is 5.81. The van der Waals surface area contributed by atoms with Crippen LogP contribution in [0.1, 0.15) is 6.92 Å². The first kappa shape index (κ1) is 15.2. The summed E-state index contributed by atoms with van der Waals surface area (Å²) in [4.78, 5) is 11.6. The third kappa shape index (κ3) is 2.57. The molecule has 0 saturated heterocycles. The highest BCUT2D eigenvalue weighted by Crippen LogP contribution is 2.42. The molecule has 0 radical (unpaired) electrons. The van der Waals surface area contributed by atoms with Crippen LogP contribution in [0.15, 0.2) is 50.2 Å². The number of methoxy groups -OCH3 is 1. The lowest BCUT2D eigenvalue weighted by atomic mass is 10.1. The molecule has 6 nitrogen and oxygen atoms in total. The van der Waals surface area contributed by atoms with Gasteiger partial charge in [0.25, 0.3) is 0 Å². The molecule has 0 amide bonds. The Kier molecular flexibility index (Phi) is 3.83. The molecule has 1 aromatic carbocycles. The van der Waals surface area contributed by atoms with E-state index in [0.717, 1.165) is 0 Å². The van der Waals surface area contributed by atoms with Crippen LogP contribution in [0, 0.1) is 0 Å². The second-order valence-electron chi connectivity index (χ2n) is 5.20. The van der Waals surface area contributed by atoms with Crippen molar-refractivity contribution < 1.29 is 23.4 Å². The number of ether oxygens (including phenoxy) is 2. The Hall–Kier alpha value is -2.73. The molecule has 0 fully saturated rings. The zero-order valence-electron chi connectivity index (χ0n) is 12.8. The topological polar surface area (TPSA) is 82.0 Å². The Bertz CT molecular complexity index is 933. The van der Waals surface area contributed by atoms with E-state index in [9.17, 15) is 9.90 Å². The number of rotatable bonds is 5. The standard InChI is InChI=1S/C17H16O6/c1-9(2)12(18)8-22-17-15-11(6-7-21-15)14(20-3)10-4-5-13(19)23-16(10)17/h4-7,12,18H,1,8H2,2-3H3/t12-/m1/s1. The van der Waals surface area contributed by atoms with Crippen molar-refractivity contribution in [2.45, 2.75) is 13.0 Å². The zero-order chi connectivity index (χ0) is 16.6. The highest BCUT2D eigenvalue weighted by molar-refractivity contribution is 6.06. The van der Waals surface area contributed by atoms with Crippen molar-refractivity contribution in [2.75, 3.05) is 13.7 Å². The van der Waals surface area contributed by atoms with Crippen molar-refractivity contribution in [3.8, 4) is 11.5 Å². The number of aliphatic hydroxyl groups excluding tert-OH is 1. The van der Waals surface area contributed by atoms with Crippen LogP contribution in [0.4, 0.5) is 0 Å². The van der Waals surface area contributed by atoms with Crippen LogP contribution in [-0.4, -0.2) is 24.9 Å². The van der Waals surface area contributed by atoms with Gasteiger partial charge in [-0.3, -0.25) is 0 Å². The fourth-order valence-corrected chi connectivity index (χ4v) is 2.33. The van der Waals surface area contributed by atoms with Crippen molar-refractivity contribution in [1.82, 2.24) is 0 Å². The maximum absolute atomic E-state index is 11.6. The Balaban J connectivity index is 2.24. The van der Waals surface area contributed by atoms with Crippen LogP contribution >= 0.6 is 0 Å². The third-order valence-corrected chi connectivity index (χ3v) is 3.56. The van der Waals surface area contributed by atoms with Crippen molar-refractivity contribution in [2.24, 2.45) is 0 Å². The summed E-state index contributed by atoms with van der Waals surface area (Å²) in [5.74, 6) is 0.777. The van der Waals surface area contributed by atoms with Crippen LogP contribution in [-0.2, 0) is 0 Å². The van der Waals surface area contributed by atoms with E-state index in [1.165, 1.54) is 19.4 Å². The molecule has 0 spiro atoms. The van der Waals surface area contributed by atoms with Gasteiger partial charge in [0.1, 0.15) is 18.5 Å². The maximum Gasteiger partial charge on any atom is 0.336 e. The first-order valence-electron chi connectivity index (χ1n) is 7.00. The summed E-state index contributed by atoms with van der Waals surface area (Å²) in [5, 5.41) is 11.1. The maximum atomic E-state index is 11.6. The minimum atomic E-state index is -0.840. The highest BCUT2D eigenvalue weighted by Gasteiger charge is 2.21. The van der Waals surface area contributed by atoms with E-state index in [1.807, 2.05) is 0 Å². The van der Waals surface area contributed by atoms with Crippen LogP contribution in [0.3, 0.4) is 0 Å². The molecule has 0 unspecified atom stereocenters. The number of fused-ring (bicyclic) bond motifs is 2. The van der Waals surface area contributed by atoms with Gasteiger partial charge in [0.15, 0.2) is 11.2 Å². The molecule has 0 aliphatic rings. The molecule has 1 atom stereocenters. The minimum absolute atomic E-state index is 0.0365. The highest BCUT2D eigenvalue weighted by atomic mass is 16.5. The number of hydrogen-bond donors (Lipinski definition) is 1. The van der Waals surface area contributed by atoms with Gasteiger partial charge in [0, 0.05) is 6.07 Å². The van der Waals surface area contributed by atoms with Crippen molar-refractivity contribution >= 4 is 21.9 Å². The molecule has 0 bridgehead atoms. The lowest BCUT2D eigenvalue weighted by molar-refractivity contribution is 0.136. The van der Waals surface area contributed by atoms with Gasteiger partial charge < -0.3 is 23.4 Å². The van der Waals surface area contributed by atoms with Gasteiger partial charge in [-0.15, -0.1) is 0 Å². The number of aliphatic hydroxyl groups is 1. The molecule has 1 N–H and O–H groups in total. The van der Waals surface area contributed by atoms with Crippen molar-refractivity contribution in [3.05, 3.63) is 47.0 Å². The smallest absolute Gasteiger partial charge is 0.336 e. The summed E-state index contributed by atoms with van der Waals surface area (Å²) in [7, 11) is 1.53. The summed E-state index contributed by atoms with van der Waals surface area (Å²) in [6, 6.07) is 4.65. The van der Waals surface area contributed by atoms with E-state index in [4.69, 9.17) is 18.3 Å². The van der Waals surface area contributed by atoms with Crippen LogP contribution in [0.5, 0.6) is 11.5 Å². The molecule has 0 aliphatic heterocycles. The fourth-order valence-electron chi connectivity index (χ4n) is 2.33. The Morgan fingerprint density at radius 3 is 2.70 bits per heavy atom. The molecular weight excluding hydrogens is 300 g/mol. The van der Waals surface area contributed by atoms with E-state index in [0.29, 0.717) is 27.7 Å². The molecule has 23 heavy (non-hydrogen) atoms. The minimum Gasteiger partial charge on any atom is -0.495 e. The molecule has 0 aliphatic carbocycles. The average Bonchev–Trinajstić information content (AvgIpc) is 3.00. The van der Waals surface area contributed by atoms with E-state index < -0.39 is 11.7 Å². The lowest BCUT2D eigenvalue weighted by Gasteiger charge is -2.14. The summed E-state index contributed by atoms with van der Waals surface area (Å²) in [5.41, 5.74) is 0.652. The van der Waals surface area contributed by atoms with Crippen molar-refractivity contribution in [1.29, 1.82) is 0 Å². The van der Waals surface area contributed by atoms with Gasteiger partial charge in [-0.1, -0.05) is 6.58 Å². The van der Waals surface area contributed by atoms with Gasteiger partial charge in [-0.05, 0) is 24.6 Å². The van der Waals surface area contributed by atoms with E-state index in [-0.39, 0.29) is 17.9 Å². The van der Waals surface area contributed by atoms with Gasteiger partial charge in [0.2, 0.25) is 5.75 Å². The summed E-state index contributed by atoms with van der Waals surface area (Å²) in [6.45, 7) is 5.34. The zero-order valence-corrected chi connectivity index (χ0v) is 12.8. The van der Waals surface area contributed by atoms with Crippen molar-refractivity contribution in [3.63, 3.8) is 0 Å². The van der Waals surface area contributed by atoms with Gasteiger partial charge >= 0.3 is 5.63 Å². The number of furan rings is 1. The Morgan fingerprint density at radius 2 is 2.00 bits per heavy atom. The van der Waals surface area contributed by atoms with E-state index in [2.05, 4.69) is 6.58 Å². The molecule has 2 aromatic heterocycles. The predicted octanol–water partition coefficient (Wildman–Crippen LogP) is 2.86. The monoisotopic (exact) mass is 316 g/mol. The second-order valence-corrected chi connectivity index (χ2v) is 5.20. The molecule has 0 saturated carbocycles. The Labute approximate surface area is 131 Å². The molecule has 120 valence electrons. The number of benzene rings is 1. The largest absolute Gasteiger partial charge is 0.495 e. The SMILES string of the molecule is C=C(C)[C@H](O)COc1c2occc2c(OC)c2ccc(=O)oc12. The summed E-state index contributed by atoms with van der Waals surface area (Å²) in [6.07, 6.45) is 0.652. The van der Waals surface area contributed by atoms with Gasteiger partial charge in [0.05, 0.1) is 24.1 Å². The quantitative estimate of drug-likeness (QED) is 0.576. The molecule has 3 rings (SSSR count). The molecule has 3 aromatic rings. The van der Waals surface area contributed by atoms with Crippen LogP contribution in [0.2, 0.25) is 0 Å². The molecule has 6 heteroatoms. The number of hydrogen-bond acceptors (Lipinski definition) is 6. The van der Waals surface area contributed by atoms with Gasteiger partial charge in [-0.25, -0.2) is 4.79 Å². The summed E-state index contributed by atoms with van der Waals surface area (Å²) >= 11 is 0. The third-order valence-electron chi connectivity index (χ3n) is 3.56. The molecule has 2 heterocycles. The van der Waals surface area contributed by atoms with Crippen LogP contribution < -0.4 is 15.1 Å². The predicted molar refractivity (Wildman–Crippen MR) is 85.1 cm³/mol. The van der Waals surface area contributed by atoms with E-state index >= 15 is 0 Å². The molecular formula is C17H16O6. The summed E-state index contributed by atoms with van der Waals surface area (Å²) < 4.78 is 21.8. The van der Waals surface area contributed by atoms with Gasteiger partial charge in [-0.2, -0.15) is 0 Å².